The van der Waals surface area contributed by atoms with Gasteiger partial charge in [0.2, 0.25) is 0 Å². The van der Waals surface area contributed by atoms with E-state index < -0.39 is 5.97 Å². The number of aromatic nitrogens is 1. The summed E-state index contributed by atoms with van der Waals surface area (Å²) in [6.07, 6.45) is 2.89. The number of carbonyl (C=O) groups excluding carboxylic acids is 1. The molecule has 6 heteroatoms. The Hall–Kier alpha value is -1.43. The highest BCUT2D eigenvalue weighted by molar-refractivity contribution is 9.10. The Morgan fingerprint density at radius 1 is 1.35 bits per heavy atom. The number of hydrogen-bond donors (Lipinski definition) is 2. The average molecular weight is 301 g/mol. The molecule has 17 heavy (non-hydrogen) atoms. The lowest BCUT2D eigenvalue weighted by Gasteiger charge is -2.03. The Kier molecular flexibility index (Phi) is 5.62. The van der Waals surface area contributed by atoms with Gasteiger partial charge in [-0.3, -0.25) is 9.59 Å². The van der Waals surface area contributed by atoms with Crippen LogP contribution in [0.2, 0.25) is 0 Å². The molecule has 0 aliphatic carbocycles. The maximum absolute atomic E-state index is 11.5. The zero-order valence-electron chi connectivity index (χ0n) is 9.15. The number of carbonyl (C=O) groups is 2. The SMILES string of the molecule is O=C(O)CCCCNC(=O)c1ccc(Br)cn1. The molecule has 0 radical (unpaired) electrons. The minimum Gasteiger partial charge on any atom is -0.481 e. The summed E-state index contributed by atoms with van der Waals surface area (Å²) in [5.41, 5.74) is 0.353. The molecule has 0 saturated heterocycles. The van der Waals surface area contributed by atoms with E-state index in [-0.39, 0.29) is 12.3 Å². The summed E-state index contributed by atoms with van der Waals surface area (Å²) in [4.78, 5) is 25.7. The third-order valence-corrected chi connectivity index (χ3v) is 2.53. The van der Waals surface area contributed by atoms with Crippen LogP contribution in [0.4, 0.5) is 0 Å². The monoisotopic (exact) mass is 300 g/mol. The molecular weight excluding hydrogens is 288 g/mol. The number of hydrogen-bond acceptors (Lipinski definition) is 3. The van der Waals surface area contributed by atoms with Gasteiger partial charge in [0.1, 0.15) is 5.69 Å². The van der Waals surface area contributed by atoms with Crippen molar-refractivity contribution in [3.63, 3.8) is 0 Å². The normalized spacial score (nSPS) is 9.94. The quantitative estimate of drug-likeness (QED) is 0.786. The molecule has 0 aliphatic rings. The summed E-state index contributed by atoms with van der Waals surface area (Å²) in [5.74, 6) is -1.06. The fraction of sp³-hybridized carbons (Fsp3) is 0.364. The maximum Gasteiger partial charge on any atom is 0.303 e. The van der Waals surface area contributed by atoms with Crippen LogP contribution in [0.25, 0.3) is 0 Å². The predicted octanol–water partition coefficient (Wildman–Crippen LogP) is 1.83. The summed E-state index contributed by atoms with van der Waals surface area (Å²) >= 11 is 3.23. The van der Waals surface area contributed by atoms with Gasteiger partial charge < -0.3 is 10.4 Å². The van der Waals surface area contributed by atoms with Crippen molar-refractivity contribution in [1.82, 2.24) is 10.3 Å². The van der Waals surface area contributed by atoms with Gasteiger partial charge >= 0.3 is 5.97 Å². The van der Waals surface area contributed by atoms with E-state index in [9.17, 15) is 9.59 Å². The Labute approximate surface area is 107 Å². The summed E-state index contributed by atoms with van der Waals surface area (Å²) in [6, 6.07) is 3.36. The third kappa shape index (κ3) is 5.44. The van der Waals surface area contributed by atoms with Gasteiger partial charge in [0, 0.05) is 23.6 Å². The van der Waals surface area contributed by atoms with Crippen molar-refractivity contribution in [3.8, 4) is 0 Å². The smallest absolute Gasteiger partial charge is 0.303 e. The topological polar surface area (TPSA) is 79.3 Å². The highest BCUT2D eigenvalue weighted by Crippen LogP contribution is 2.07. The summed E-state index contributed by atoms with van der Waals surface area (Å²) in [5, 5.41) is 11.1. The molecule has 0 bridgehead atoms. The first-order valence-corrected chi connectivity index (χ1v) is 6.00. The largest absolute Gasteiger partial charge is 0.481 e. The van der Waals surface area contributed by atoms with E-state index in [2.05, 4.69) is 26.2 Å². The number of pyridine rings is 1. The van der Waals surface area contributed by atoms with Crippen molar-refractivity contribution in [3.05, 3.63) is 28.5 Å². The van der Waals surface area contributed by atoms with Crippen LogP contribution in [0.15, 0.2) is 22.8 Å². The van der Waals surface area contributed by atoms with Gasteiger partial charge in [0.25, 0.3) is 5.91 Å². The number of halogens is 1. The molecule has 92 valence electrons. The van der Waals surface area contributed by atoms with E-state index in [0.717, 1.165) is 4.47 Å². The van der Waals surface area contributed by atoms with Crippen LogP contribution < -0.4 is 5.32 Å². The Balaban J connectivity index is 2.25. The van der Waals surface area contributed by atoms with Gasteiger partial charge in [-0.15, -0.1) is 0 Å². The standard InChI is InChI=1S/C11H13BrN2O3/c12-8-4-5-9(14-7-8)11(17)13-6-2-1-3-10(15)16/h4-5,7H,1-3,6H2,(H,13,17)(H,15,16). The van der Waals surface area contributed by atoms with E-state index in [1.54, 1.807) is 18.3 Å². The Bertz CT molecular complexity index is 392. The molecule has 1 rings (SSSR count). The van der Waals surface area contributed by atoms with Crippen LogP contribution in [0.1, 0.15) is 29.8 Å². The van der Waals surface area contributed by atoms with E-state index >= 15 is 0 Å². The van der Waals surface area contributed by atoms with E-state index in [0.29, 0.717) is 25.1 Å². The van der Waals surface area contributed by atoms with E-state index in [1.807, 2.05) is 0 Å². The molecule has 0 aliphatic heterocycles. The minimum atomic E-state index is -0.814. The molecule has 0 fully saturated rings. The van der Waals surface area contributed by atoms with Crippen LogP contribution in [-0.4, -0.2) is 28.5 Å². The number of carboxylic acids is 1. The molecular formula is C11H13BrN2O3. The van der Waals surface area contributed by atoms with Gasteiger partial charge in [-0.05, 0) is 40.9 Å². The molecule has 0 saturated carbocycles. The number of amides is 1. The zero-order chi connectivity index (χ0) is 12.7. The van der Waals surface area contributed by atoms with E-state index in [4.69, 9.17) is 5.11 Å². The number of nitrogens with zero attached hydrogens (tertiary/aromatic N) is 1. The zero-order valence-corrected chi connectivity index (χ0v) is 10.7. The first kappa shape index (κ1) is 13.6. The molecule has 0 atom stereocenters. The average Bonchev–Trinajstić information content (AvgIpc) is 2.29. The number of nitrogens with one attached hydrogen (secondary N) is 1. The maximum atomic E-state index is 11.5. The van der Waals surface area contributed by atoms with Gasteiger partial charge in [0.05, 0.1) is 0 Å². The second-order valence-electron chi connectivity index (χ2n) is 3.47. The number of carboxylic acid groups (broad SMARTS) is 1. The lowest BCUT2D eigenvalue weighted by molar-refractivity contribution is -0.137. The van der Waals surface area contributed by atoms with Crippen molar-refractivity contribution in [2.75, 3.05) is 6.54 Å². The van der Waals surface area contributed by atoms with Crippen molar-refractivity contribution in [1.29, 1.82) is 0 Å². The highest BCUT2D eigenvalue weighted by atomic mass is 79.9. The van der Waals surface area contributed by atoms with Crippen molar-refractivity contribution >= 4 is 27.8 Å². The lowest BCUT2D eigenvalue weighted by Crippen LogP contribution is -2.25. The lowest BCUT2D eigenvalue weighted by atomic mass is 10.2. The molecule has 1 heterocycles. The van der Waals surface area contributed by atoms with Crippen molar-refractivity contribution < 1.29 is 14.7 Å². The second-order valence-corrected chi connectivity index (χ2v) is 4.38. The van der Waals surface area contributed by atoms with Gasteiger partial charge in [-0.25, -0.2) is 4.98 Å². The predicted molar refractivity (Wildman–Crippen MR) is 65.8 cm³/mol. The van der Waals surface area contributed by atoms with Crippen LogP contribution in [0.3, 0.4) is 0 Å². The number of aliphatic carboxylic acids is 1. The van der Waals surface area contributed by atoms with Gasteiger partial charge in [0.15, 0.2) is 0 Å². The first-order valence-electron chi connectivity index (χ1n) is 5.21. The summed E-state index contributed by atoms with van der Waals surface area (Å²) < 4.78 is 0.815. The molecule has 1 aromatic rings. The molecule has 5 nitrogen and oxygen atoms in total. The number of rotatable bonds is 6. The Morgan fingerprint density at radius 2 is 2.12 bits per heavy atom. The molecule has 0 aromatic carbocycles. The van der Waals surface area contributed by atoms with Crippen LogP contribution in [0, 0.1) is 0 Å². The fourth-order valence-electron chi connectivity index (χ4n) is 1.20. The van der Waals surface area contributed by atoms with Crippen LogP contribution in [0.5, 0.6) is 0 Å². The van der Waals surface area contributed by atoms with Crippen molar-refractivity contribution in [2.24, 2.45) is 0 Å². The second kappa shape index (κ2) is 7.01. The third-order valence-electron chi connectivity index (χ3n) is 2.06. The van der Waals surface area contributed by atoms with Crippen molar-refractivity contribution in [2.45, 2.75) is 19.3 Å². The minimum absolute atomic E-state index is 0.131. The number of unbranched alkanes of at least 4 members (excludes halogenated alkanes) is 1. The fourth-order valence-corrected chi connectivity index (χ4v) is 1.44. The molecule has 0 spiro atoms. The van der Waals surface area contributed by atoms with Crippen LogP contribution in [-0.2, 0) is 4.79 Å². The Morgan fingerprint density at radius 3 is 2.71 bits per heavy atom. The highest BCUT2D eigenvalue weighted by Gasteiger charge is 2.05. The molecule has 2 N–H and O–H groups in total. The molecule has 1 amide bonds. The first-order chi connectivity index (χ1) is 8.09. The van der Waals surface area contributed by atoms with Gasteiger partial charge in [-0.1, -0.05) is 0 Å². The van der Waals surface area contributed by atoms with E-state index in [1.165, 1.54) is 0 Å². The molecule has 1 aromatic heterocycles. The summed E-state index contributed by atoms with van der Waals surface area (Å²) in [6.45, 7) is 0.462. The summed E-state index contributed by atoms with van der Waals surface area (Å²) in [7, 11) is 0. The molecule has 0 unspecified atom stereocenters. The van der Waals surface area contributed by atoms with Crippen LogP contribution >= 0.6 is 15.9 Å². The van der Waals surface area contributed by atoms with Gasteiger partial charge in [-0.2, -0.15) is 0 Å².